The molecule has 1 fully saturated rings. The first-order valence-electron chi connectivity index (χ1n) is 11.4. The van der Waals surface area contributed by atoms with Crippen molar-refractivity contribution in [3.8, 4) is 5.75 Å². The fraction of sp³-hybridized carbons (Fsp3) is 0.542. The zero-order chi connectivity index (χ0) is 23.4. The van der Waals surface area contributed by atoms with E-state index < -0.39 is 5.97 Å². The third kappa shape index (κ3) is 5.01. The largest absolute Gasteiger partial charge is 0.496 e. The molecular formula is C24H30ClN3O5. The molecule has 178 valence electrons. The van der Waals surface area contributed by atoms with Crippen molar-refractivity contribution in [2.45, 2.75) is 45.6 Å². The van der Waals surface area contributed by atoms with Gasteiger partial charge in [-0.15, -0.1) is 0 Å². The zero-order valence-electron chi connectivity index (χ0n) is 19.1. The van der Waals surface area contributed by atoms with Gasteiger partial charge in [0.1, 0.15) is 17.0 Å². The van der Waals surface area contributed by atoms with Crippen molar-refractivity contribution >= 4 is 23.5 Å². The molecule has 2 aromatic rings. The van der Waals surface area contributed by atoms with E-state index in [9.17, 15) is 9.59 Å². The van der Waals surface area contributed by atoms with E-state index >= 15 is 0 Å². The van der Waals surface area contributed by atoms with Gasteiger partial charge in [-0.05, 0) is 62.6 Å². The molecule has 1 N–H and O–H groups in total. The Bertz CT molecular complexity index is 1030. The summed E-state index contributed by atoms with van der Waals surface area (Å²) in [7, 11) is 1.50. The first-order chi connectivity index (χ1) is 16.0. The normalized spacial score (nSPS) is 17.2. The molecule has 1 aromatic heterocycles. The molecule has 0 unspecified atom stereocenters. The molecule has 8 nitrogen and oxygen atoms in total. The highest BCUT2D eigenvalue weighted by molar-refractivity contribution is 6.31. The molecule has 1 spiro atoms. The third-order valence-corrected chi connectivity index (χ3v) is 6.79. The minimum atomic E-state index is -0.479. The van der Waals surface area contributed by atoms with E-state index in [4.69, 9.17) is 30.9 Å². The number of nitrogens with zero attached hydrogens (tertiary/aromatic N) is 2. The van der Waals surface area contributed by atoms with E-state index in [2.05, 4.69) is 5.32 Å². The lowest BCUT2D eigenvalue weighted by atomic mass is 9.75. The summed E-state index contributed by atoms with van der Waals surface area (Å²) in [5.41, 5.74) is 2.90. The summed E-state index contributed by atoms with van der Waals surface area (Å²) >= 11 is 6.02. The summed E-state index contributed by atoms with van der Waals surface area (Å²) in [6.07, 6.45) is 3.86. The van der Waals surface area contributed by atoms with Crippen molar-refractivity contribution in [2.75, 3.05) is 33.5 Å². The zero-order valence-corrected chi connectivity index (χ0v) is 19.9. The van der Waals surface area contributed by atoms with Crippen molar-refractivity contribution in [1.82, 2.24) is 15.1 Å². The number of nitrogens with one attached hydrogen (secondary N) is 1. The monoisotopic (exact) mass is 475 g/mol. The van der Waals surface area contributed by atoms with Crippen LogP contribution < -0.4 is 10.1 Å². The Hall–Kier alpha value is -2.58. The highest BCUT2D eigenvalue weighted by Crippen LogP contribution is 2.37. The lowest BCUT2D eigenvalue weighted by Crippen LogP contribution is -2.40. The van der Waals surface area contributed by atoms with E-state index in [1.54, 1.807) is 16.8 Å². The number of aryl methyl sites for hydroxylation is 2. The summed E-state index contributed by atoms with van der Waals surface area (Å²) in [6.45, 7) is 4.92. The van der Waals surface area contributed by atoms with Gasteiger partial charge in [-0.3, -0.25) is 9.48 Å². The fourth-order valence-corrected chi connectivity index (χ4v) is 4.86. The third-order valence-electron chi connectivity index (χ3n) is 6.55. The number of benzene rings is 1. The average Bonchev–Trinajstić information content (AvgIpc) is 3.10. The van der Waals surface area contributed by atoms with Crippen molar-refractivity contribution in [2.24, 2.45) is 5.41 Å². The van der Waals surface area contributed by atoms with Crippen LogP contribution in [0.4, 0.5) is 0 Å². The van der Waals surface area contributed by atoms with E-state index in [0.717, 1.165) is 30.5 Å². The van der Waals surface area contributed by atoms with Gasteiger partial charge in [0, 0.05) is 36.9 Å². The summed E-state index contributed by atoms with van der Waals surface area (Å²) in [4.78, 5) is 25.4. The lowest BCUT2D eigenvalue weighted by Gasteiger charge is -2.36. The maximum absolute atomic E-state index is 12.9. The molecule has 0 atom stereocenters. The van der Waals surface area contributed by atoms with Crippen LogP contribution in [0.5, 0.6) is 5.75 Å². The van der Waals surface area contributed by atoms with E-state index in [0.29, 0.717) is 61.2 Å². The van der Waals surface area contributed by atoms with Crippen molar-refractivity contribution in [3.05, 3.63) is 45.7 Å². The quantitative estimate of drug-likeness (QED) is 0.487. The standard InChI is InChI=1S/C24H30ClN3O5/c1-3-28-21-18(14-24(15-26-22(21)29)8-11-32-12-9-24)19(27-28)5-4-10-33-23(30)17-13-16(25)6-7-20(17)31-2/h6-7,13H,3-5,8-12,14-15H2,1-2H3,(H,26,29). The smallest absolute Gasteiger partial charge is 0.341 e. The summed E-state index contributed by atoms with van der Waals surface area (Å²) in [6, 6.07) is 4.84. The van der Waals surface area contributed by atoms with Crippen LogP contribution in [0.15, 0.2) is 18.2 Å². The average molecular weight is 476 g/mol. The molecule has 2 aliphatic heterocycles. The number of amides is 1. The fourth-order valence-electron chi connectivity index (χ4n) is 4.69. The van der Waals surface area contributed by atoms with Crippen molar-refractivity contribution < 1.29 is 23.8 Å². The number of carbonyl (C=O) groups is 2. The number of ether oxygens (including phenoxy) is 3. The molecule has 1 amide bonds. The van der Waals surface area contributed by atoms with Gasteiger partial charge in [-0.2, -0.15) is 5.10 Å². The van der Waals surface area contributed by atoms with Crippen LogP contribution in [0.1, 0.15) is 58.3 Å². The van der Waals surface area contributed by atoms with E-state index in [1.807, 2.05) is 6.92 Å². The first kappa shape index (κ1) is 23.6. The maximum Gasteiger partial charge on any atom is 0.341 e. The lowest BCUT2D eigenvalue weighted by molar-refractivity contribution is 0.0160. The van der Waals surface area contributed by atoms with E-state index in [1.165, 1.54) is 13.2 Å². The molecule has 0 saturated carbocycles. The predicted molar refractivity (Wildman–Crippen MR) is 123 cm³/mol. The summed E-state index contributed by atoms with van der Waals surface area (Å²) in [5.74, 6) is -0.120. The van der Waals surface area contributed by atoms with Gasteiger partial charge < -0.3 is 19.5 Å². The van der Waals surface area contributed by atoms with Crippen LogP contribution in [0, 0.1) is 5.41 Å². The second-order valence-corrected chi connectivity index (χ2v) is 9.08. The number of esters is 1. The van der Waals surface area contributed by atoms with Crippen LogP contribution in [0.2, 0.25) is 5.02 Å². The maximum atomic E-state index is 12.9. The minimum absolute atomic E-state index is 0.00507. The van der Waals surface area contributed by atoms with Gasteiger partial charge in [0.05, 0.1) is 19.4 Å². The Kier molecular flexibility index (Phi) is 7.24. The van der Waals surface area contributed by atoms with Crippen LogP contribution in [0.3, 0.4) is 0 Å². The Balaban J connectivity index is 1.45. The summed E-state index contributed by atoms with van der Waals surface area (Å²) < 4.78 is 18.1. The topological polar surface area (TPSA) is 91.7 Å². The Labute approximate surface area is 198 Å². The molecule has 3 heterocycles. The van der Waals surface area contributed by atoms with Gasteiger partial charge in [0.15, 0.2) is 0 Å². The van der Waals surface area contributed by atoms with Crippen LogP contribution in [-0.4, -0.2) is 55.1 Å². The highest BCUT2D eigenvalue weighted by atomic mass is 35.5. The van der Waals surface area contributed by atoms with Crippen molar-refractivity contribution in [3.63, 3.8) is 0 Å². The second-order valence-electron chi connectivity index (χ2n) is 8.65. The predicted octanol–water partition coefficient (Wildman–Crippen LogP) is 3.44. The molecule has 0 aliphatic carbocycles. The number of methoxy groups -OCH3 is 1. The van der Waals surface area contributed by atoms with Gasteiger partial charge in [-0.25, -0.2) is 4.79 Å². The van der Waals surface area contributed by atoms with Gasteiger partial charge in [0.2, 0.25) is 0 Å². The number of carbonyl (C=O) groups excluding carboxylic acids is 2. The molecule has 2 aliphatic rings. The summed E-state index contributed by atoms with van der Waals surface area (Å²) in [5, 5.41) is 8.30. The number of hydrogen-bond acceptors (Lipinski definition) is 6. The Morgan fingerprint density at radius 3 is 2.85 bits per heavy atom. The number of hydrogen-bond donors (Lipinski definition) is 1. The molecule has 0 bridgehead atoms. The van der Waals surface area contributed by atoms with Gasteiger partial charge >= 0.3 is 5.97 Å². The second kappa shape index (κ2) is 10.1. The van der Waals surface area contributed by atoms with E-state index in [-0.39, 0.29) is 17.9 Å². The number of fused-ring (bicyclic) bond motifs is 1. The first-order valence-corrected chi connectivity index (χ1v) is 11.8. The number of aromatic nitrogens is 2. The Morgan fingerprint density at radius 2 is 2.12 bits per heavy atom. The van der Waals surface area contributed by atoms with Crippen molar-refractivity contribution in [1.29, 1.82) is 0 Å². The SMILES string of the molecule is CCn1nc(CCCOC(=O)c2cc(Cl)ccc2OC)c2c1C(=O)NCC1(CCOCC1)C2. The molecule has 1 saturated heterocycles. The van der Waals surface area contributed by atoms with Gasteiger partial charge in [-0.1, -0.05) is 11.6 Å². The molecular weight excluding hydrogens is 446 g/mol. The van der Waals surface area contributed by atoms with Crippen LogP contribution >= 0.6 is 11.6 Å². The molecule has 1 aromatic carbocycles. The van der Waals surface area contributed by atoms with Gasteiger partial charge in [0.25, 0.3) is 5.91 Å². The minimum Gasteiger partial charge on any atom is -0.496 e. The molecule has 9 heteroatoms. The number of rotatable bonds is 7. The molecule has 33 heavy (non-hydrogen) atoms. The number of halogens is 1. The van der Waals surface area contributed by atoms with Crippen LogP contribution in [0.25, 0.3) is 0 Å². The Morgan fingerprint density at radius 1 is 1.33 bits per heavy atom. The van der Waals surface area contributed by atoms with Crippen LogP contribution in [-0.2, 0) is 28.9 Å². The highest BCUT2D eigenvalue weighted by Gasteiger charge is 2.39. The molecule has 4 rings (SSSR count). The molecule has 0 radical (unpaired) electrons.